The zero-order valence-electron chi connectivity index (χ0n) is 10.7. The minimum Gasteiger partial charge on any atom is -0.324 e. The molecule has 5 heteroatoms. The summed E-state index contributed by atoms with van der Waals surface area (Å²) >= 11 is 0. The molecule has 2 heterocycles. The van der Waals surface area contributed by atoms with Gasteiger partial charge in [-0.1, -0.05) is 12.1 Å². The first kappa shape index (κ1) is 12.4. The first-order valence-electron chi connectivity index (χ1n) is 6.75. The second-order valence-corrected chi connectivity index (χ2v) is 5.32. The molecule has 0 spiro atoms. The van der Waals surface area contributed by atoms with Crippen LogP contribution in [0.3, 0.4) is 0 Å². The number of likely N-dealkylation sites (tertiary alicyclic amines) is 1. The zero-order valence-corrected chi connectivity index (χ0v) is 10.7. The molecule has 3 rings (SSSR count). The molecule has 1 aromatic carbocycles. The number of amides is 2. The molecule has 2 fully saturated rings. The van der Waals surface area contributed by atoms with Gasteiger partial charge in [0.2, 0.25) is 0 Å². The molecule has 19 heavy (non-hydrogen) atoms. The van der Waals surface area contributed by atoms with E-state index in [1.165, 1.54) is 6.07 Å². The lowest BCUT2D eigenvalue weighted by molar-refractivity contribution is 0.161. The van der Waals surface area contributed by atoms with Gasteiger partial charge in [-0.2, -0.15) is 0 Å². The largest absolute Gasteiger partial charge is 0.324 e. The number of anilines is 1. The summed E-state index contributed by atoms with van der Waals surface area (Å²) in [5.74, 6) is 0.839. The standard InChI is InChI=1S/C14H18FN3O/c15-12-3-1-2-4-13(12)17-14(19)18-6-5-10-7-16-8-11(10)9-18/h1-4,10-11,16H,5-9H2,(H,17,19). The number of nitrogens with one attached hydrogen (secondary N) is 2. The number of carbonyl (C=O) groups excluding carboxylic acids is 1. The van der Waals surface area contributed by atoms with Crippen LogP contribution in [0.5, 0.6) is 0 Å². The van der Waals surface area contributed by atoms with Gasteiger partial charge in [-0.05, 0) is 43.5 Å². The van der Waals surface area contributed by atoms with Crippen molar-refractivity contribution in [1.82, 2.24) is 10.2 Å². The summed E-state index contributed by atoms with van der Waals surface area (Å²) in [6.45, 7) is 3.56. The number of para-hydroxylation sites is 1. The van der Waals surface area contributed by atoms with Crippen molar-refractivity contribution < 1.29 is 9.18 Å². The lowest BCUT2D eigenvalue weighted by Gasteiger charge is -2.34. The Morgan fingerprint density at radius 3 is 2.95 bits per heavy atom. The quantitative estimate of drug-likeness (QED) is 0.812. The zero-order chi connectivity index (χ0) is 13.2. The van der Waals surface area contributed by atoms with Crippen LogP contribution in [-0.4, -0.2) is 37.1 Å². The van der Waals surface area contributed by atoms with Gasteiger partial charge in [-0.3, -0.25) is 0 Å². The highest BCUT2D eigenvalue weighted by atomic mass is 19.1. The lowest BCUT2D eigenvalue weighted by atomic mass is 9.89. The molecule has 1 aromatic rings. The molecule has 2 saturated heterocycles. The molecule has 0 radical (unpaired) electrons. The minimum atomic E-state index is -0.395. The molecule has 0 aromatic heterocycles. The van der Waals surface area contributed by atoms with E-state index in [-0.39, 0.29) is 11.7 Å². The number of nitrogens with zero attached hydrogens (tertiary/aromatic N) is 1. The molecule has 2 amide bonds. The Bertz CT molecular complexity index is 480. The molecule has 4 nitrogen and oxygen atoms in total. The van der Waals surface area contributed by atoms with Crippen molar-refractivity contribution in [3.63, 3.8) is 0 Å². The van der Waals surface area contributed by atoms with E-state index >= 15 is 0 Å². The monoisotopic (exact) mass is 263 g/mol. The molecule has 2 unspecified atom stereocenters. The van der Waals surface area contributed by atoms with Crippen LogP contribution in [0, 0.1) is 17.7 Å². The van der Waals surface area contributed by atoms with Crippen molar-refractivity contribution in [2.45, 2.75) is 6.42 Å². The fourth-order valence-corrected chi connectivity index (χ4v) is 2.98. The van der Waals surface area contributed by atoms with E-state index in [4.69, 9.17) is 0 Å². The van der Waals surface area contributed by atoms with E-state index in [2.05, 4.69) is 10.6 Å². The Hall–Kier alpha value is -1.62. The van der Waals surface area contributed by atoms with Crippen LogP contribution in [0.2, 0.25) is 0 Å². The minimum absolute atomic E-state index is 0.199. The van der Waals surface area contributed by atoms with E-state index in [0.29, 0.717) is 11.8 Å². The number of benzene rings is 1. The van der Waals surface area contributed by atoms with Crippen LogP contribution in [0.1, 0.15) is 6.42 Å². The smallest absolute Gasteiger partial charge is 0.321 e. The Labute approximate surface area is 112 Å². The van der Waals surface area contributed by atoms with Crippen LogP contribution < -0.4 is 10.6 Å². The summed E-state index contributed by atoms with van der Waals surface area (Å²) < 4.78 is 13.5. The van der Waals surface area contributed by atoms with Crippen molar-refractivity contribution in [3.8, 4) is 0 Å². The normalized spacial score (nSPS) is 26.1. The molecule has 0 saturated carbocycles. The molecule has 2 atom stereocenters. The number of carbonyl (C=O) groups is 1. The van der Waals surface area contributed by atoms with Crippen molar-refractivity contribution in [3.05, 3.63) is 30.1 Å². The molecular formula is C14H18FN3O. The lowest BCUT2D eigenvalue weighted by Crippen LogP contribution is -2.45. The van der Waals surface area contributed by atoms with Gasteiger partial charge in [0.05, 0.1) is 5.69 Å². The molecule has 0 bridgehead atoms. The Morgan fingerprint density at radius 2 is 2.11 bits per heavy atom. The summed E-state index contributed by atoms with van der Waals surface area (Å²) in [4.78, 5) is 13.9. The number of piperidine rings is 1. The van der Waals surface area contributed by atoms with Crippen LogP contribution in [-0.2, 0) is 0 Å². The van der Waals surface area contributed by atoms with E-state index in [1.807, 2.05) is 0 Å². The number of hydrogen-bond donors (Lipinski definition) is 2. The average molecular weight is 263 g/mol. The maximum Gasteiger partial charge on any atom is 0.321 e. The van der Waals surface area contributed by atoms with Crippen molar-refractivity contribution >= 4 is 11.7 Å². The fourth-order valence-electron chi connectivity index (χ4n) is 2.98. The fraction of sp³-hybridized carbons (Fsp3) is 0.500. The van der Waals surface area contributed by atoms with E-state index in [9.17, 15) is 9.18 Å². The molecule has 2 aliphatic heterocycles. The highest BCUT2D eigenvalue weighted by Gasteiger charge is 2.34. The number of rotatable bonds is 1. The highest BCUT2D eigenvalue weighted by molar-refractivity contribution is 5.89. The SMILES string of the molecule is O=C(Nc1ccccc1F)N1CCC2CNCC2C1. The van der Waals surface area contributed by atoms with Gasteiger partial charge in [0.25, 0.3) is 0 Å². The van der Waals surface area contributed by atoms with Gasteiger partial charge in [0.15, 0.2) is 0 Å². The van der Waals surface area contributed by atoms with Gasteiger partial charge in [0, 0.05) is 13.1 Å². The van der Waals surface area contributed by atoms with Crippen molar-refractivity contribution in [2.75, 3.05) is 31.5 Å². The van der Waals surface area contributed by atoms with Crippen LogP contribution in [0.25, 0.3) is 0 Å². The summed E-state index contributed by atoms with van der Waals surface area (Å²) in [5, 5.41) is 6.02. The van der Waals surface area contributed by atoms with Gasteiger partial charge in [0.1, 0.15) is 5.82 Å². The first-order chi connectivity index (χ1) is 9.24. The Balaban J connectivity index is 1.63. The summed E-state index contributed by atoms with van der Waals surface area (Å²) in [7, 11) is 0. The second kappa shape index (κ2) is 5.17. The van der Waals surface area contributed by atoms with E-state index in [0.717, 1.165) is 32.6 Å². The van der Waals surface area contributed by atoms with E-state index < -0.39 is 5.82 Å². The molecule has 102 valence electrons. The van der Waals surface area contributed by atoms with Gasteiger partial charge >= 0.3 is 6.03 Å². The van der Waals surface area contributed by atoms with E-state index in [1.54, 1.807) is 23.1 Å². The van der Waals surface area contributed by atoms with Gasteiger partial charge in [-0.25, -0.2) is 9.18 Å². The van der Waals surface area contributed by atoms with Crippen molar-refractivity contribution in [2.24, 2.45) is 11.8 Å². The predicted octanol–water partition coefficient (Wildman–Crippen LogP) is 1.90. The molecule has 0 aliphatic carbocycles. The third-order valence-corrected chi connectivity index (χ3v) is 4.11. The average Bonchev–Trinajstić information content (AvgIpc) is 2.88. The molecule has 2 aliphatic rings. The number of halogens is 1. The first-order valence-corrected chi connectivity index (χ1v) is 6.75. The van der Waals surface area contributed by atoms with Gasteiger partial charge in [-0.15, -0.1) is 0 Å². The van der Waals surface area contributed by atoms with Crippen LogP contribution in [0.15, 0.2) is 24.3 Å². The highest BCUT2D eigenvalue weighted by Crippen LogP contribution is 2.27. The van der Waals surface area contributed by atoms with Crippen LogP contribution in [0.4, 0.5) is 14.9 Å². The Kier molecular flexibility index (Phi) is 3.38. The summed E-state index contributed by atoms with van der Waals surface area (Å²) in [6, 6.07) is 6.06. The van der Waals surface area contributed by atoms with Gasteiger partial charge < -0.3 is 15.5 Å². The Morgan fingerprint density at radius 1 is 1.32 bits per heavy atom. The van der Waals surface area contributed by atoms with Crippen molar-refractivity contribution in [1.29, 1.82) is 0 Å². The predicted molar refractivity (Wildman–Crippen MR) is 71.5 cm³/mol. The maximum atomic E-state index is 13.5. The molecule has 2 N–H and O–H groups in total. The third kappa shape index (κ3) is 2.56. The van der Waals surface area contributed by atoms with Crippen LogP contribution >= 0.6 is 0 Å². The molecular weight excluding hydrogens is 245 g/mol. The summed E-state index contributed by atoms with van der Waals surface area (Å²) in [6.07, 6.45) is 1.03. The third-order valence-electron chi connectivity index (χ3n) is 4.11. The number of hydrogen-bond acceptors (Lipinski definition) is 2. The maximum absolute atomic E-state index is 13.5. The second-order valence-electron chi connectivity index (χ2n) is 5.32. The number of urea groups is 1. The summed E-state index contributed by atoms with van der Waals surface area (Å²) in [5.41, 5.74) is 0.249. The number of fused-ring (bicyclic) bond motifs is 1. The topological polar surface area (TPSA) is 44.4 Å².